The standard InChI is InChI=1S/C13H13BrN2O3S/c1-18-12-4-8(13(15)16-17)2-3-11(12)19-6-10-5-9(14)7-20-10/h2-5,7,17H,6H2,1H3,(H2,15,16). The summed E-state index contributed by atoms with van der Waals surface area (Å²) < 4.78 is 12.0. The molecule has 3 N–H and O–H groups in total. The Morgan fingerprint density at radius 2 is 2.20 bits per heavy atom. The molecular formula is C13H13BrN2O3S. The Morgan fingerprint density at radius 1 is 1.40 bits per heavy atom. The number of halogens is 1. The Labute approximate surface area is 128 Å². The first-order valence-corrected chi connectivity index (χ1v) is 7.33. The van der Waals surface area contributed by atoms with Crippen LogP contribution in [0.4, 0.5) is 0 Å². The number of benzene rings is 1. The van der Waals surface area contributed by atoms with Gasteiger partial charge in [0.15, 0.2) is 17.3 Å². The number of nitrogens with two attached hydrogens (primary N) is 1. The number of methoxy groups -OCH3 is 1. The fourth-order valence-corrected chi connectivity index (χ4v) is 2.94. The van der Waals surface area contributed by atoms with Gasteiger partial charge in [-0.3, -0.25) is 0 Å². The number of amidine groups is 1. The van der Waals surface area contributed by atoms with E-state index in [0.29, 0.717) is 23.7 Å². The van der Waals surface area contributed by atoms with Crippen molar-refractivity contribution < 1.29 is 14.7 Å². The van der Waals surface area contributed by atoms with Crippen molar-refractivity contribution in [3.63, 3.8) is 0 Å². The minimum atomic E-state index is 0.0250. The Balaban J connectivity index is 2.15. The van der Waals surface area contributed by atoms with Gasteiger partial charge in [0.2, 0.25) is 0 Å². The van der Waals surface area contributed by atoms with E-state index in [9.17, 15) is 0 Å². The molecule has 0 saturated heterocycles. The smallest absolute Gasteiger partial charge is 0.170 e. The minimum absolute atomic E-state index is 0.0250. The van der Waals surface area contributed by atoms with E-state index in [1.807, 2.05) is 11.4 Å². The van der Waals surface area contributed by atoms with Crippen LogP contribution < -0.4 is 15.2 Å². The van der Waals surface area contributed by atoms with Gasteiger partial charge in [0.1, 0.15) is 6.61 Å². The molecule has 0 radical (unpaired) electrons. The number of oxime groups is 1. The lowest BCUT2D eigenvalue weighted by atomic mass is 10.2. The second-order valence-corrected chi connectivity index (χ2v) is 5.78. The summed E-state index contributed by atoms with van der Waals surface area (Å²) in [5, 5.41) is 13.6. The minimum Gasteiger partial charge on any atom is -0.493 e. The van der Waals surface area contributed by atoms with Crippen LogP contribution in [-0.2, 0) is 6.61 Å². The van der Waals surface area contributed by atoms with Gasteiger partial charge in [-0.2, -0.15) is 0 Å². The molecule has 20 heavy (non-hydrogen) atoms. The van der Waals surface area contributed by atoms with Crippen LogP contribution in [0.3, 0.4) is 0 Å². The zero-order valence-corrected chi connectivity index (χ0v) is 13.1. The van der Waals surface area contributed by atoms with E-state index < -0.39 is 0 Å². The van der Waals surface area contributed by atoms with E-state index in [1.165, 1.54) is 0 Å². The lowest BCUT2D eigenvalue weighted by Crippen LogP contribution is -2.13. The summed E-state index contributed by atoms with van der Waals surface area (Å²) in [5.74, 6) is 1.16. The molecule has 0 amide bonds. The summed E-state index contributed by atoms with van der Waals surface area (Å²) in [5.41, 5.74) is 6.10. The van der Waals surface area contributed by atoms with Crippen LogP contribution in [0.15, 0.2) is 39.3 Å². The first-order chi connectivity index (χ1) is 9.63. The van der Waals surface area contributed by atoms with Gasteiger partial charge in [-0.1, -0.05) is 5.16 Å². The van der Waals surface area contributed by atoms with Gasteiger partial charge >= 0.3 is 0 Å². The average molecular weight is 357 g/mol. The highest BCUT2D eigenvalue weighted by molar-refractivity contribution is 9.10. The van der Waals surface area contributed by atoms with Crippen LogP contribution in [0.2, 0.25) is 0 Å². The molecule has 0 saturated carbocycles. The normalized spacial score (nSPS) is 11.4. The Kier molecular flexibility index (Phi) is 4.86. The monoisotopic (exact) mass is 356 g/mol. The second-order valence-electron chi connectivity index (χ2n) is 3.87. The number of hydrogen-bond donors (Lipinski definition) is 2. The van der Waals surface area contributed by atoms with Gasteiger partial charge in [-0.25, -0.2) is 0 Å². The maximum atomic E-state index is 8.66. The molecule has 0 spiro atoms. The van der Waals surface area contributed by atoms with Gasteiger partial charge in [-0.15, -0.1) is 11.3 Å². The van der Waals surface area contributed by atoms with Crippen LogP contribution in [0.5, 0.6) is 11.5 Å². The third kappa shape index (κ3) is 3.43. The van der Waals surface area contributed by atoms with Crippen molar-refractivity contribution in [2.24, 2.45) is 10.9 Å². The molecule has 2 rings (SSSR count). The SMILES string of the molecule is COc1cc(C(N)=NO)ccc1OCc1cc(Br)cs1. The van der Waals surface area contributed by atoms with E-state index in [0.717, 1.165) is 9.35 Å². The third-order valence-electron chi connectivity index (χ3n) is 2.56. The maximum Gasteiger partial charge on any atom is 0.170 e. The van der Waals surface area contributed by atoms with Crippen molar-refractivity contribution in [3.05, 3.63) is 44.6 Å². The number of rotatable bonds is 5. The second kappa shape index (κ2) is 6.62. The van der Waals surface area contributed by atoms with Crippen molar-refractivity contribution >= 4 is 33.1 Å². The van der Waals surface area contributed by atoms with Crippen LogP contribution in [0, 0.1) is 0 Å². The molecule has 2 aromatic rings. The first-order valence-electron chi connectivity index (χ1n) is 5.65. The van der Waals surface area contributed by atoms with E-state index >= 15 is 0 Å². The van der Waals surface area contributed by atoms with E-state index in [4.69, 9.17) is 20.4 Å². The molecule has 0 bridgehead atoms. The highest BCUT2D eigenvalue weighted by atomic mass is 79.9. The highest BCUT2D eigenvalue weighted by Crippen LogP contribution is 2.30. The zero-order chi connectivity index (χ0) is 14.5. The molecule has 1 aromatic heterocycles. The van der Waals surface area contributed by atoms with E-state index in [-0.39, 0.29) is 5.84 Å². The summed E-state index contributed by atoms with van der Waals surface area (Å²) in [6.07, 6.45) is 0. The van der Waals surface area contributed by atoms with Gasteiger partial charge in [0.25, 0.3) is 0 Å². The molecule has 0 fully saturated rings. The summed E-state index contributed by atoms with van der Waals surface area (Å²) in [6, 6.07) is 7.10. The van der Waals surface area contributed by atoms with Crippen LogP contribution in [0.25, 0.3) is 0 Å². The number of hydrogen-bond acceptors (Lipinski definition) is 5. The van der Waals surface area contributed by atoms with Gasteiger partial charge < -0.3 is 20.4 Å². The topological polar surface area (TPSA) is 77.1 Å². The molecule has 106 valence electrons. The molecule has 7 heteroatoms. The fraction of sp³-hybridized carbons (Fsp3) is 0.154. The van der Waals surface area contributed by atoms with Crippen LogP contribution >= 0.6 is 27.3 Å². The molecule has 1 heterocycles. The molecule has 1 aromatic carbocycles. The Hall–Kier alpha value is -1.73. The van der Waals surface area contributed by atoms with Crippen molar-refractivity contribution in [2.75, 3.05) is 7.11 Å². The number of nitrogens with zero attached hydrogens (tertiary/aromatic N) is 1. The van der Waals surface area contributed by atoms with Crippen LogP contribution in [0.1, 0.15) is 10.4 Å². The predicted octanol–water partition coefficient (Wildman–Crippen LogP) is 3.19. The van der Waals surface area contributed by atoms with E-state index in [2.05, 4.69) is 21.1 Å². The van der Waals surface area contributed by atoms with Gasteiger partial charge in [0.05, 0.1) is 7.11 Å². The Morgan fingerprint density at radius 3 is 2.80 bits per heavy atom. The number of thiophene rings is 1. The fourth-order valence-electron chi connectivity index (χ4n) is 1.58. The van der Waals surface area contributed by atoms with E-state index in [1.54, 1.807) is 36.6 Å². The summed E-state index contributed by atoms with van der Waals surface area (Å²) >= 11 is 5.01. The lowest BCUT2D eigenvalue weighted by molar-refractivity contribution is 0.287. The first kappa shape index (κ1) is 14.7. The highest BCUT2D eigenvalue weighted by Gasteiger charge is 2.09. The molecule has 0 atom stereocenters. The number of ether oxygens (including phenoxy) is 2. The zero-order valence-electron chi connectivity index (χ0n) is 10.7. The molecule has 0 aliphatic rings. The van der Waals surface area contributed by atoms with Crippen molar-refractivity contribution in [3.8, 4) is 11.5 Å². The molecular weight excluding hydrogens is 344 g/mol. The van der Waals surface area contributed by atoms with Gasteiger partial charge in [-0.05, 0) is 40.2 Å². The van der Waals surface area contributed by atoms with Crippen molar-refractivity contribution in [1.29, 1.82) is 0 Å². The lowest BCUT2D eigenvalue weighted by Gasteiger charge is -2.11. The van der Waals surface area contributed by atoms with Crippen molar-refractivity contribution in [2.45, 2.75) is 6.61 Å². The Bertz CT molecular complexity index is 628. The predicted molar refractivity (Wildman–Crippen MR) is 81.9 cm³/mol. The van der Waals surface area contributed by atoms with Gasteiger partial charge in [0, 0.05) is 20.3 Å². The average Bonchev–Trinajstić information content (AvgIpc) is 2.89. The largest absolute Gasteiger partial charge is 0.493 e. The summed E-state index contributed by atoms with van der Waals surface area (Å²) in [7, 11) is 1.54. The molecule has 0 unspecified atom stereocenters. The molecule has 0 aliphatic heterocycles. The molecule has 0 aliphatic carbocycles. The summed E-state index contributed by atoms with van der Waals surface area (Å²) in [4.78, 5) is 1.10. The van der Waals surface area contributed by atoms with Crippen LogP contribution in [-0.4, -0.2) is 18.2 Å². The third-order valence-corrected chi connectivity index (χ3v) is 4.23. The quantitative estimate of drug-likeness (QED) is 0.373. The van der Waals surface area contributed by atoms with Crippen molar-refractivity contribution in [1.82, 2.24) is 0 Å². The molecule has 5 nitrogen and oxygen atoms in total. The maximum absolute atomic E-state index is 8.66. The summed E-state index contributed by atoms with van der Waals surface area (Å²) in [6.45, 7) is 0.454.